The second kappa shape index (κ2) is 5.16. The van der Waals surface area contributed by atoms with E-state index in [1.54, 1.807) is 6.92 Å². The fourth-order valence-corrected chi connectivity index (χ4v) is 1.45. The lowest BCUT2D eigenvalue weighted by molar-refractivity contribution is 0.782. The van der Waals surface area contributed by atoms with Crippen molar-refractivity contribution in [2.75, 3.05) is 0 Å². The molecule has 0 heterocycles. The highest BCUT2D eigenvalue weighted by Crippen LogP contribution is 2.25. The van der Waals surface area contributed by atoms with Crippen LogP contribution in [0.3, 0.4) is 0 Å². The molecule has 0 nitrogen and oxygen atoms in total. The fourth-order valence-electron chi connectivity index (χ4n) is 0.392. The summed E-state index contributed by atoms with van der Waals surface area (Å²) in [5, 5.41) is -1.13. The molecule has 0 saturated carbocycles. The summed E-state index contributed by atoms with van der Waals surface area (Å²) in [6.45, 7) is 1.74. The molecule has 0 aliphatic heterocycles. The van der Waals surface area contributed by atoms with Gasteiger partial charge in [0, 0.05) is 5.38 Å². The summed E-state index contributed by atoms with van der Waals surface area (Å²) < 4.78 is 0. The normalized spacial score (nSPS) is 20.7. The topological polar surface area (TPSA) is 0 Å². The lowest BCUT2D eigenvalue weighted by atomic mass is 10.2. The average molecular weight is 244 g/mol. The summed E-state index contributed by atoms with van der Waals surface area (Å²) >= 11 is 28.0. The first-order valence-corrected chi connectivity index (χ1v) is 4.85. The van der Waals surface area contributed by atoms with Crippen molar-refractivity contribution in [2.24, 2.45) is 0 Å². The Balaban J connectivity index is 3.81. The van der Waals surface area contributed by atoms with Crippen molar-refractivity contribution in [1.29, 1.82) is 0 Å². The van der Waals surface area contributed by atoms with Crippen molar-refractivity contribution in [2.45, 2.75) is 27.9 Å². The molecule has 3 unspecified atom stereocenters. The molecule has 0 radical (unpaired) electrons. The molecule has 62 valence electrons. The van der Waals surface area contributed by atoms with E-state index in [9.17, 15) is 0 Å². The molecule has 0 aromatic carbocycles. The van der Waals surface area contributed by atoms with Crippen LogP contribution in [0.5, 0.6) is 0 Å². The first kappa shape index (κ1) is 11.4. The Kier molecular flexibility index (Phi) is 5.91. The Labute approximate surface area is 85.7 Å². The largest absolute Gasteiger partial charge is 0.125 e. The van der Waals surface area contributed by atoms with Gasteiger partial charge in [0.15, 0.2) is 0 Å². The van der Waals surface area contributed by atoms with Gasteiger partial charge in [-0.1, -0.05) is 0 Å². The molecule has 0 amide bonds. The SMILES string of the molecule is CC(Cl)C(Cl)C(Cl)C(Cl)Cl. The van der Waals surface area contributed by atoms with Crippen molar-refractivity contribution in [3.05, 3.63) is 0 Å². The molecule has 5 heteroatoms. The second-order valence-corrected chi connectivity index (χ2v) is 4.76. The summed E-state index contributed by atoms with van der Waals surface area (Å²) in [6, 6.07) is 0. The van der Waals surface area contributed by atoms with Crippen LogP contribution in [-0.2, 0) is 0 Å². The van der Waals surface area contributed by atoms with E-state index >= 15 is 0 Å². The molecule has 3 atom stereocenters. The molecule has 0 bridgehead atoms. The lowest BCUT2D eigenvalue weighted by Gasteiger charge is -2.18. The third-order valence-electron chi connectivity index (χ3n) is 0.984. The van der Waals surface area contributed by atoms with E-state index in [1.165, 1.54) is 0 Å². The molecular formula is C5H7Cl5. The quantitative estimate of drug-likeness (QED) is 0.665. The molecule has 0 fully saturated rings. The van der Waals surface area contributed by atoms with Crippen LogP contribution in [0.4, 0.5) is 0 Å². The van der Waals surface area contributed by atoms with Crippen LogP contribution in [-0.4, -0.2) is 21.0 Å². The maximum absolute atomic E-state index is 5.73. The number of halogens is 5. The number of rotatable bonds is 3. The number of hydrogen-bond acceptors (Lipinski definition) is 0. The van der Waals surface area contributed by atoms with E-state index in [4.69, 9.17) is 58.0 Å². The number of alkyl halides is 5. The van der Waals surface area contributed by atoms with Crippen molar-refractivity contribution in [3.63, 3.8) is 0 Å². The van der Waals surface area contributed by atoms with Crippen molar-refractivity contribution < 1.29 is 0 Å². The smallest absolute Gasteiger partial charge is 0.122 e. The van der Waals surface area contributed by atoms with Crippen LogP contribution in [0.15, 0.2) is 0 Å². The van der Waals surface area contributed by atoms with E-state index in [2.05, 4.69) is 0 Å². The molecule has 0 aliphatic rings. The van der Waals surface area contributed by atoms with Crippen LogP contribution >= 0.6 is 58.0 Å². The minimum absolute atomic E-state index is 0.232. The van der Waals surface area contributed by atoms with Gasteiger partial charge in [-0.05, 0) is 6.92 Å². The molecule has 0 aromatic heterocycles. The third-order valence-corrected chi connectivity index (χ3v) is 3.49. The lowest BCUT2D eigenvalue weighted by Crippen LogP contribution is -2.28. The molecular weight excluding hydrogens is 237 g/mol. The highest BCUT2D eigenvalue weighted by molar-refractivity contribution is 6.50. The fraction of sp³-hybridized carbons (Fsp3) is 1.00. The Bertz CT molecular complexity index is 80.0. The van der Waals surface area contributed by atoms with Gasteiger partial charge < -0.3 is 0 Å². The Morgan fingerprint density at radius 2 is 1.20 bits per heavy atom. The van der Waals surface area contributed by atoms with E-state index in [0.717, 1.165) is 0 Å². The summed E-state index contributed by atoms with van der Waals surface area (Å²) in [5.41, 5.74) is 0. The van der Waals surface area contributed by atoms with Gasteiger partial charge in [-0.2, -0.15) is 0 Å². The predicted octanol–water partition coefficient (Wildman–Crippen LogP) is 3.63. The molecule has 0 N–H and O–H groups in total. The van der Waals surface area contributed by atoms with E-state index in [0.29, 0.717) is 0 Å². The molecule has 10 heavy (non-hydrogen) atoms. The van der Waals surface area contributed by atoms with E-state index in [1.807, 2.05) is 0 Å². The molecule has 0 rings (SSSR count). The second-order valence-electron chi connectivity index (χ2n) is 1.90. The third kappa shape index (κ3) is 3.73. The molecule has 0 aliphatic carbocycles. The highest BCUT2D eigenvalue weighted by atomic mass is 35.5. The molecule has 0 aromatic rings. The van der Waals surface area contributed by atoms with Gasteiger partial charge in [0.25, 0.3) is 0 Å². The van der Waals surface area contributed by atoms with Crippen LogP contribution in [0.1, 0.15) is 6.92 Å². The van der Waals surface area contributed by atoms with E-state index in [-0.39, 0.29) is 5.38 Å². The van der Waals surface area contributed by atoms with Crippen molar-refractivity contribution in [1.82, 2.24) is 0 Å². The van der Waals surface area contributed by atoms with E-state index < -0.39 is 15.6 Å². The van der Waals surface area contributed by atoms with Gasteiger partial charge in [0.1, 0.15) is 4.84 Å². The maximum Gasteiger partial charge on any atom is 0.125 e. The van der Waals surface area contributed by atoms with Crippen LogP contribution < -0.4 is 0 Å². The first-order chi connectivity index (χ1) is 4.46. The van der Waals surface area contributed by atoms with Gasteiger partial charge in [-0.15, -0.1) is 58.0 Å². The predicted molar refractivity (Wildman–Crippen MR) is 50.1 cm³/mol. The van der Waals surface area contributed by atoms with Gasteiger partial charge in [0.2, 0.25) is 0 Å². The van der Waals surface area contributed by atoms with Crippen molar-refractivity contribution in [3.8, 4) is 0 Å². The van der Waals surface area contributed by atoms with Gasteiger partial charge >= 0.3 is 0 Å². The zero-order valence-corrected chi connectivity index (χ0v) is 8.98. The van der Waals surface area contributed by atoms with Crippen LogP contribution in [0.25, 0.3) is 0 Å². The highest BCUT2D eigenvalue weighted by Gasteiger charge is 2.26. The first-order valence-electron chi connectivity index (χ1n) is 2.67. The summed E-state index contributed by atoms with van der Waals surface area (Å²) in [6.07, 6.45) is 0. The van der Waals surface area contributed by atoms with Gasteiger partial charge in [-0.3, -0.25) is 0 Å². The van der Waals surface area contributed by atoms with Crippen LogP contribution in [0.2, 0.25) is 0 Å². The monoisotopic (exact) mass is 242 g/mol. The summed E-state index contributed by atoms with van der Waals surface area (Å²) in [5.74, 6) is 0. The van der Waals surface area contributed by atoms with Crippen molar-refractivity contribution >= 4 is 58.0 Å². The maximum atomic E-state index is 5.73. The number of hydrogen-bond donors (Lipinski definition) is 0. The zero-order chi connectivity index (χ0) is 8.31. The molecule has 0 saturated heterocycles. The Morgan fingerprint density at radius 3 is 1.30 bits per heavy atom. The van der Waals surface area contributed by atoms with Gasteiger partial charge in [0.05, 0.1) is 10.8 Å². The zero-order valence-electron chi connectivity index (χ0n) is 5.20. The Hall–Kier alpha value is 1.45. The van der Waals surface area contributed by atoms with Gasteiger partial charge in [-0.25, -0.2) is 0 Å². The summed E-state index contributed by atoms with van der Waals surface area (Å²) in [7, 11) is 0. The average Bonchev–Trinajstić information content (AvgIpc) is 1.84. The minimum Gasteiger partial charge on any atom is -0.122 e. The summed E-state index contributed by atoms with van der Waals surface area (Å²) in [4.78, 5) is -0.676. The Morgan fingerprint density at radius 1 is 0.800 bits per heavy atom. The molecule has 0 spiro atoms. The minimum atomic E-state index is -0.676. The van der Waals surface area contributed by atoms with Crippen LogP contribution in [0, 0.1) is 0 Å². The standard InChI is InChI=1S/C5H7Cl5/c1-2(6)3(7)4(8)5(9)10/h2-5H,1H3.